The fourth-order valence-corrected chi connectivity index (χ4v) is 1.66. The Labute approximate surface area is 104 Å². The summed E-state index contributed by atoms with van der Waals surface area (Å²) < 4.78 is 6.33. The molecule has 0 amide bonds. The van der Waals surface area contributed by atoms with Crippen LogP contribution in [0.15, 0.2) is 17.1 Å². The maximum Gasteiger partial charge on any atom is 0.303 e. The van der Waals surface area contributed by atoms with E-state index in [1.807, 2.05) is 0 Å². The number of aryl methyl sites for hydroxylation is 1. The summed E-state index contributed by atoms with van der Waals surface area (Å²) in [6, 6.07) is 1.46. The average Bonchev–Trinajstić information content (AvgIpc) is 2.28. The number of hydrogen-bond donors (Lipinski definition) is 1. The van der Waals surface area contributed by atoms with Crippen LogP contribution in [0.3, 0.4) is 0 Å². The summed E-state index contributed by atoms with van der Waals surface area (Å²) in [5, 5.41) is 8.90. The van der Waals surface area contributed by atoms with E-state index in [4.69, 9.17) is 21.4 Å². The molecule has 0 radical (unpaired) electrons. The first-order valence-electron chi connectivity index (χ1n) is 5.20. The van der Waals surface area contributed by atoms with Crippen molar-refractivity contribution < 1.29 is 14.6 Å². The third-order valence-electron chi connectivity index (χ3n) is 2.28. The topological polar surface area (TPSA) is 68.5 Å². The standard InChI is InChI=1S/C11H14ClNO4/c1-17-9-6-8(12)7-13(11(9)16)5-3-2-4-10(14)15/h6-7H,2-5H2,1H3,(H,14,15). The van der Waals surface area contributed by atoms with Gasteiger partial charge in [0.1, 0.15) is 0 Å². The molecule has 0 atom stereocenters. The first-order valence-corrected chi connectivity index (χ1v) is 5.58. The zero-order valence-corrected chi connectivity index (χ0v) is 10.2. The van der Waals surface area contributed by atoms with Gasteiger partial charge >= 0.3 is 5.97 Å². The number of hydrogen-bond acceptors (Lipinski definition) is 3. The first kappa shape index (κ1) is 13.6. The highest BCUT2D eigenvalue weighted by atomic mass is 35.5. The van der Waals surface area contributed by atoms with Gasteiger partial charge in [0.05, 0.1) is 12.1 Å². The normalized spacial score (nSPS) is 10.2. The zero-order valence-electron chi connectivity index (χ0n) is 9.48. The molecule has 1 N–H and O–H groups in total. The van der Waals surface area contributed by atoms with Gasteiger partial charge in [0.25, 0.3) is 5.56 Å². The van der Waals surface area contributed by atoms with Gasteiger partial charge in [0.15, 0.2) is 5.75 Å². The van der Waals surface area contributed by atoms with Crippen LogP contribution < -0.4 is 10.3 Å². The van der Waals surface area contributed by atoms with E-state index in [-0.39, 0.29) is 17.7 Å². The van der Waals surface area contributed by atoms with Gasteiger partial charge in [-0.05, 0) is 12.8 Å². The average molecular weight is 260 g/mol. The molecule has 0 bridgehead atoms. The number of aliphatic carboxylic acids is 1. The van der Waals surface area contributed by atoms with Crippen molar-refractivity contribution in [1.29, 1.82) is 0 Å². The van der Waals surface area contributed by atoms with Crippen molar-refractivity contribution in [1.82, 2.24) is 4.57 Å². The molecule has 1 rings (SSSR count). The highest BCUT2D eigenvalue weighted by Gasteiger charge is 2.06. The summed E-state index contributed by atoms with van der Waals surface area (Å²) >= 11 is 5.83. The molecule has 6 heteroatoms. The number of nitrogens with zero attached hydrogens (tertiary/aromatic N) is 1. The molecule has 0 aliphatic rings. The lowest BCUT2D eigenvalue weighted by Gasteiger charge is -2.08. The number of methoxy groups -OCH3 is 1. The Morgan fingerprint density at radius 2 is 2.24 bits per heavy atom. The van der Waals surface area contributed by atoms with Gasteiger partial charge in [-0.25, -0.2) is 0 Å². The second-order valence-corrected chi connectivity index (χ2v) is 4.01. The maximum atomic E-state index is 11.7. The van der Waals surface area contributed by atoms with E-state index in [2.05, 4.69) is 0 Å². The lowest BCUT2D eigenvalue weighted by Crippen LogP contribution is -2.21. The summed E-state index contributed by atoms with van der Waals surface area (Å²) in [6.07, 6.45) is 2.76. The number of carboxylic acids is 1. The molecule has 0 fully saturated rings. The number of ether oxygens (including phenoxy) is 1. The van der Waals surface area contributed by atoms with E-state index < -0.39 is 5.97 Å². The second kappa shape index (κ2) is 6.30. The van der Waals surface area contributed by atoms with Crippen LogP contribution in [0.4, 0.5) is 0 Å². The SMILES string of the molecule is COc1cc(Cl)cn(CCCCC(=O)O)c1=O. The molecule has 0 saturated carbocycles. The van der Waals surface area contributed by atoms with Crippen molar-refractivity contribution in [3.63, 3.8) is 0 Å². The Morgan fingerprint density at radius 1 is 1.53 bits per heavy atom. The van der Waals surface area contributed by atoms with Gasteiger partial charge in [-0.3, -0.25) is 9.59 Å². The summed E-state index contributed by atoms with van der Waals surface area (Å²) in [7, 11) is 1.40. The van der Waals surface area contributed by atoms with Crippen LogP contribution in [0.25, 0.3) is 0 Å². The number of unbranched alkanes of at least 4 members (excludes halogenated alkanes) is 1. The Balaban J connectivity index is 2.67. The Hall–Kier alpha value is -1.49. The van der Waals surface area contributed by atoms with E-state index in [0.29, 0.717) is 24.4 Å². The predicted octanol–water partition coefficient (Wildman–Crippen LogP) is 1.77. The quantitative estimate of drug-likeness (QED) is 0.791. The van der Waals surface area contributed by atoms with E-state index in [1.165, 1.54) is 23.9 Å². The Bertz CT molecular complexity index is 455. The van der Waals surface area contributed by atoms with Crippen LogP contribution in [0, 0.1) is 0 Å². The van der Waals surface area contributed by atoms with Gasteiger partial charge in [-0.2, -0.15) is 0 Å². The number of carboxylic acid groups (broad SMARTS) is 1. The summed E-state index contributed by atoms with van der Waals surface area (Å²) in [6.45, 7) is 0.434. The van der Waals surface area contributed by atoms with Crippen molar-refractivity contribution in [2.45, 2.75) is 25.8 Å². The molecule has 0 spiro atoms. The van der Waals surface area contributed by atoms with Crippen LogP contribution >= 0.6 is 11.6 Å². The van der Waals surface area contributed by atoms with Crippen molar-refractivity contribution >= 4 is 17.6 Å². The molecular weight excluding hydrogens is 246 g/mol. The molecule has 1 aromatic rings. The van der Waals surface area contributed by atoms with Gasteiger partial charge < -0.3 is 14.4 Å². The van der Waals surface area contributed by atoms with Crippen molar-refractivity contribution in [2.24, 2.45) is 0 Å². The smallest absolute Gasteiger partial charge is 0.303 e. The largest absolute Gasteiger partial charge is 0.491 e. The zero-order chi connectivity index (χ0) is 12.8. The van der Waals surface area contributed by atoms with E-state index in [0.717, 1.165) is 0 Å². The molecule has 5 nitrogen and oxygen atoms in total. The number of pyridine rings is 1. The Kier molecular flexibility index (Phi) is 5.03. The van der Waals surface area contributed by atoms with Gasteiger partial charge in [-0.1, -0.05) is 11.6 Å². The van der Waals surface area contributed by atoms with Gasteiger partial charge in [0, 0.05) is 25.2 Å². The summed E-state index contributed by atoms with van der Waals surface area (Å²) in [5.41, 5.74) is -0.257. The van der Waals surface area contributed by atoms with E-state index in [9.17, 15) is 9.59 Å². The molecule has 1 heterocycles. The highest BCUT2D eigenvalue weighted by Crippen LogP contribution is 2.13. The number of halogens is 1. The molecule has 0 aromatic carbocycles. The number of carbonyl (C=O) groups is 1. The van der Waals surface area contributed by atoms with E-state index in [1.54, 1.807) is 0 Å². The molecule has 1 aromatic heterocycles. The van der Waals surface area contributed by atoms with Gasteiger partial charge in [0.2, 0.25) is 0 Å². The number of aromatic nitrogens is 1. The van der Waals surface area contributed by atoms with Crippen molar-refractivity contribution in [3.05, 3.63) is 27.6 Å². The Morgan fingerprint density at radius 3 is 2.82 bits per heavy atom. The predicted molar refractivity (Wildman–Crippen MR) is 63.8 cm³/mol. The van der Waals surface area contributed by atoms with Crippen LogP contribution in [0.5, 0.6) is 5.75 Å². The van der Waals surface area contributed by atoms with Gasteiger partial charge in [-0.15, -0.1) is 0 Å². The minimum absolute atomic E-state index is 0.104. The first-order chi connectivity index (χ1) is 8.04. The molecule has 94 valence electrons. The minimum atomic E-state index is -0.832. The fourth-order valence-electron chi connectivity index (χ4n) is 1.44. The van der Waals surface area contributed by atoms with Crippen LogP contribution in [-0.2, 0) is 11.3 Å². The fraction of sp³-hybridized carbons (Fsp3) is 0.455. The summed E-state index contributed by atoms with van der Waals surface area (Å²) in [4.78, 5) is 22.1. The lowest BCUT2D eigenvalue weighted by atomic mass is 10.2. The molecule has 0 unspecified atom stereocenters. The summed E-state index contributed by atoms with van der Waals surface area (Å²) in [5.74, 6) is -0.642. The third kappa shape index (κ3) is 4.11. The molecule has 0 aliphatic heterocycles. The third-order valence-corrected chi connectivity index (χ3v) is 2.49. The molecular formula is C11H14ClNO4. The van der Waals surface area contributed by atoms with E-state index >= 15 is 0 Å². The highest BCUT2D eigenvalue weighted by molar-refractivity contribution is 6.30. The maximum absolute atomic E-state index is 11.7. The monoisotopic (exact) mass is 259 g/mol. The van der Waals surface area contributed by atoms with Crippen LogP contribution in [0.2, 0.25) is 5.02 Å². The molecule has 0 saturated heterocycles. The van der Waals surface area contributed by atoms with Crippen molar-refractivity contribution in [2.75, 3.05) is 7.11 Å². The second-order valence-electron chi connectivity index (χ2n) is 3.58. The number of rotatable bonds is 6. The van der Waals surface area contributed by atoms with Crippen LogP contribution in [0.1, 0.15) is 19.3 Å². The lowest BCUT2D eigenvalue weighted by molar-refractivity contribution is -0.137. The molecule has 0 aliphatic carbocycles. The van der Waals surface area contributed by atoms with Crippen molar-refractivity contribution in [3.8, 4) is 5.75 Å². The molecule has 17 heavy (non-hydrogen) atoms. The van der Waals surface area contributed by atoms with Crippen LogP contribution in [-0.4, -0.2) is 22.8 Å². The minimum Gasteiger partial charge on any atom is -0.491 e.